The molecule has 0 bridgehead atoms. The molecule has 8 nitrogen and oxygen atoms in total. The number of benzene rings is 2. The van der Waals surface area contributed by atoms with E-state index in [1.54, 1.807) is 50.2 Å². The highest BCUT2D eigenvalue weighted by Gasteiger charge is 2.29. The van der Waals surface area contributed by atoms with E-state index in [2.05, 4.69) is 0 Å². The maximum atomic E-state index is 11.4. The van der Waals surface area contributed by atoms with Gasteiger partial charge < -0.3 is 28.4 Å². The molecule has 172 valence electrons. The molecule has 2 atom stereocenters. The Labute approximate surface area is 195 Å². The lowest BCUT2D eigenvalue weighted by molar-refractivity contribution is -0.154. The van der Waals surface area contributed by atoms with Gasteiger partial charge in [0.25, 0.3) is 0 Å². The monoisotopic (exact) mass is 484 g/mol. The summed E-state index contributed by atoms with van der Waals surface area (Å²) in [5, 5.41) is 1.10. The van der Waals surface area contributed by atoms with Gasteiger partial charge >= 0.3 is 11.9 Å². The number of hydrogen-bond donors (Lipinski definition) is 0. The predicted molar refractivity (Wildman–Crippen MR) is 116 cm³/mol. The molecule has 0 saturated carbocycles. The lowest BCUT2D eigenvalue weighted by atomic mass is 10.2. The Hall–Kier alpha value is -2.84. The van der Waals surface area contributed by atoms with Crippen molar-refractivity contribution in [3.63, 3.8) is 0 Å². The fraction of sp³-hybridized carbons (Fsp3) is 0.364. The van der Waals surface area contributed by atoms with E-state index >= 15 is 0 Å². The van der Waals surface area contributed by atoms with E-state index in [1.807, 2.05) is 0 Å². The van der Waals surface area contributed by atoms with Crippen LogP contribution in [0.5, 0.6) is 23.0 Å². The smallest absolute Gasteiger partial charge is 0.350 e. The number of ether oxygens (including phenoxy) is 6. The minimum absolute atomic E-state index is 0.145. The Kier molecular flexibility index (Phi) is 8.30. The summed E-state index contributed by atoms with van der Waals surface area (Å²) in [7, 11) is 0. The summed E-state index contributed by atoms with van der Waals surface area (Å²) < 4.78 is 31.3. The first-order valence-electron chi connectivity index (χ1n) is 9.92. The number of carbonyl (C=O) groups excluding carboxylic acids is 2. The van der Waals surface area contributed by atoms with Gasteiger partial charge in [-0.15, -0.1) is 0 Å². The van der Waals surface area contributed by atoms with Gasteiger partial charge in [-0.25, -0.2) is 9.59 Å². The van der Waals surface area contributed by atoms with E-state index in [-0.39, 0.29) is 13.2 Å². The van der Waals surface area contributed by atoms with E-state index in [4.69, 9.17) is 51.6 Å². The van der Waals surface area contributed by atoms with Gasteiger partial charge in [0.15, 0.2) is 23.0 Å². The molecule has 0 amide bonds. The molecule has 0 aliphatic carbocycles. The summed E-state index contributed by atoms with van der Waals surface area (Å²) in [6.07, 6.45) is -1.42. The zero-order valence-electron chi connectivity index (χ0n) is 17.5. The number of fused-ring (bicyclic) bond motifs is 2. The zero-order chi connectivity index (χ0) is 23.1. The largest absolute Gasteiger partial charge is 0.485 e. The van der Waals surface area contributed by atoms with E-state index in [1.165, 1.54) is 0 Å². The van der Waals surface area contributed by atoms with Crippen molar-refractivity contribution in [2.45, 2.75) is 26.1 Å². The number of carbonyl (C=O) groups is 2. The van der Waals surface area contributed by atoms with Crippen molar-refractivity contribution in [3.8, 4) is 23.0 Å². The normalized spacial score (nSPS) is 18.0. The van der Waals surface area contributed by atoms with Gasteiger partial charge in [-0.3, -0.25) is 0 Å². The van der Waals surface area contributed by atoms with Crippen LogP contribution in [0.1, 0.15) is 13.8 Å². The first kappa shape index (κ1) is 23.8. The molecule has 0 fully saturated rings. The number of esters is 2. The SMILES string of the molecule is CCOC(=O)C1COc2cc(Cl)ccc2O1.CCOC(=O)C1COc2ccc(Cl)cc2O1. The van der Waals surface area contributed by atoms with Gasteiger partial charge in [-0.1, -0.05) is 23.2 Å². The molecule has 0 aromatic heterocycles. The van der Waals surface area contributed by atoms with Crippen LogP contribution in [0.4, 0.5) is 0 Å². The second kappa shape index (κ2) is 11.2. The van der Waals surface area contributed by atoms with E-state index in [0.29, 0.717) is 46.3 Å². The van der Waals surface area contributed by atoms with Crippen molar-refractivity contribution < 1.29 is 38.0 Å². The second-order valence-corrected chi connectivity index (χ2v) is 7.39. The minimum Gasteiger partial charge on any atom is -0.485 e. The average Bonchev–Trinajstić information content (AvgIpc) is 2.79. The Morgan fingerprint density at radius 3 is 1.81 bits per heavy atom. The molecule has 2 heterocycles. The van der Waals surface area contributed by atoms with Gasteiger partial charge in [0.1, 0.15) is 13.2 Å². The molecule has 10 heteroatoms. The summed E-state index contributed by atoms with van der Waals surface area (Å²) in [5.41, 5.74) is 0. The number of rotatable bonds is 4. The first-order chi connectivity index (χ1) is 15.4. The summed E-state index contributed by atoms with van der Waals surface area (Å²) in [6, 6.07) is 10.0. The van der Waals surface area contributed by atoms with Crippen molar-refractivity contribution in [3.05, 3.63) is 46.4 Å². The summed E-state index contributed by atoms with van der Waals surface area (Å²) >= 11 is 11.6. The Morgan fingerprint density at radius 2 is 1.25 bits per heavy atom. The zero-order valence-corrected chi connectivity index (χ0v) is 19.0. The number of halogens is 2. The van der Waals surface area contributed by atoms with Crippen LogP contribution < -0.4 is 18.9 Å². The molecule has 2 aliphatic rings. The summed E-state index contributed by atoms with van der Waals surface area (Å²) in [5.74, 6) is 1.28. The average molecular weight is 485 g/mol. The van der Waals surface area contributed by atoms with Crippen molar-refractivity contribution >= 4 is 35.1 Å². The molecule has 0 saturated heterocycles. The fourth-order valence-electron chi connectivity index (χ4n) is 2.79. The van der Waals surface area contributed by atoms with Gasteiger partial charge in [-0.05, 0) is 38.1 Å². The lowest BCUT2D eigenvalue weighted by Crippen LogP contribution is -2.37. The maximum absolute atomic E-state index is 11.4. The topological polar surface area (TPSA) is 89.5 Å². The molecule has 0 spiro atoms. The Bertz CT molecular complexity index is 965. The fourth-order valence-corrected chi connectivity index (χ4v) is 3.12. The Morgan fingerprint density at radius 1 is 0.781 bits per heavy atom. The number of hydrogen-bond acceptors (Lipinski definition) is 8. The highest BCUT2D eigenvalue weighted by molar-refractivity contribution is 6.31. The lowest BCUT2D eigenvalue weighted by Gasteiger charge is -2.24. The van der Waals surface area contributed by atoms with E-state index in [0.717, 1.165) is 0 Å². The van der Waals surface area contributed by atoms with E-state index in [9.17, 15) is 9.59 Å². The third-order valence-corrected chi connectivity index (χ3v) is 4.70. The highest BCUT2D eigenvalue weighted by Crippen LogP contribution is 2.35. The summed E-state index contributed by atoms with van der Waals surface area (Å²) in [6.45, 7) is 4.44. The third kappa shape index (κ3) is 6.11. The molecule has 2 unspecified atom stereocenters. The van der Waals surface area contributed by atoms with Gasteiger partial charge in [0.05, 0.1) is 13.2 Å². The van der Waals surface area contributed by atoms with Gasteiger partial charge in [0.2, 0.25) is 12.2 Å². The standard InChI is InChI=1S/2C11H11ClO4/c1-2-14-11(13)10-6-15-9-5-7(12)3-4-8(9)16-10;1-2-14-11(13)10-6-15-8-4-3-7(12)5-9(8)16-10/h2*3-5,10H,2,6H2,1H3. The van der Waals surface area contributed by atoms with Crippen LogP contribution >= 0.6 is 23.2 Å². The van der Waals surface area contributed by atoms with Crippen molar-refractivity contribution in [1.82, 2.24) is 0 Å². The van der Waals surface area contributed by atoms with Gasteiger partial charge in [0, 0.05) is 22.2 Å². The van der Waals surface area contributed by atoms with Crippen LogP contribution in [0.15, 0.2) is 36.4 Å². The molecule has 0 radical (unpaired) electrons. The third-order valence-electron chi connectivity index (χ3n) is 4.23. The van der Waals surface area contributed by atoms with Crippen LogP contribution in [-0.2, 0) is 19.1 Å². The van der Waals surface area contributed by atoms with Crippen LogP contribution in [-0.4, -0.2) is 50.6 Å². The molecule has 4 rings (SSSR count). The molecule has 0 N–H and O–H groups in total. The Balaban J connectivity index is 0.000000181. The highest BCUT2D eigenvalue weighted by atomic mass is 35.5. The van der Waals surface area contributed by atoms with Crippen LogP contribution in [0.2, 0.25) is 10.0 Å². The quantitative estimate of drug-likeness (QED) is 0.599. The first-order valence-corrected chi connectivity index (χ1v) is 10.7. The summed E-state index contributed by atoms with van der Waals surface area (Å²) in [4.78, 5) is 22.9. The predicted octanol–water partition coefficient (Wildman–Crippen LogP) is 4.09. The molecule has 2 aromatic carbocycles. The van der Waals surface area contributed by atoms with Crippen LogP contribution in [0.25, 0.3) is 0 Å². The van der Waals surface area contributed by atoms with Crippen molar-refractivity contribution in [2.75, 3.05) is 26.4 Å². The van der Waals surface area contributed by atoms with Crippen molar-refractivity contribution in [1.29, 1.82) is 0 Å². The molecular weight excluding hydrogens is 463 g/mol. The minimum atomic E-state index is -0.717. The van der Waals surface area contributed by atoms with Crippen LogP contribution in [0.3, 0.4) is 0 Å². The molecule has 32 heavy (non-hydrogen) atoms. The molecular formula is C22H22Cl2O8. The molecule has 2 aromatic rings. The molecule has 2 aliphatic heterocycles. The van der Waals surface area contributed by atoms with E-state index < -0.39 is 24.1 Å². The van der Waals surface area contributed by atoms with Gasteiger partial charge in [-0.2, -0.15) is 0 Å². The van der Waals surface area contributed by atoms with Crippen LogP contribution in [0, 0.1) is 0 Å². The maximum Gasteiger partial charge on any atom is 0.350 e. The second-order valence-electron chi connectivity index (χ2n) is 6.52. The van der Waals surface area contributed by atoms with Crippen molar-refractivity contribution in [2.24, 2.45) is 0 Å².